The van der Waals surface area contributed by atoms with Crippen molar-refractivity contribution in [1.29, 1.82) is 0 Å². The van der Waals surface area contributed by atoms with Gasteiger partial charge in [-0.25, -0.2) is 8.42 Å². The normalized spacial score (nSPS) is 20.6. The molecule has 1 aliphatic rings. The first-order chi connectivity index (χ1) is 10.2. The SMILES string of the molecule is CC(C)(Oc1ccc(Cl)cc1)C(=O)NCC1CCS(=O)(=O)C1. The molecule has 122 valence electrons. The Balaban J connectivity index is 1.89. The van der Waals surface area contributed by atoms with Crippen LogP contribution in [0.3, 0.4) is 0 Å². The van der Waals surface area contributed by atoms with E-state index in [4.69, 9.17) is 16.3 Å². The second-order valence-corrected chi connectivity index (χ2v) is 8.71. The van der Waals surface area contributed by atoms with Crippen LogP contribution in [0.4, 0.5) is 0 Å². The number of hydrogen-bond acceptors (Lipinski definition) is 4. The molecule has 0 aliphatic carbocycles. The molecule has 1 aromatic rings. The number of nitrogens with one attached hydrogen (secondary N) is 1. The van der Waals surface area contributed by atoms with Crippen molar-refractivity contribution in [3.05, 3.63) is 29.3 Å². The number of benzene rings is 1. The van der Waals surface area contributed by atoms with E-state index in [9.17, 15) is 13.2 Å². The van der Waals surface area contributed by atoms with Crippen LogP contribution in [0.5, 0.6) is 5.75 Å². The van der Waals surface area contributed by atoms with E-state index in [1.165, 1.54) is 0 Å². The molecule has 1 saturated heterocycles. The fraction of sp³-hybridized carbons (Fsp3) is 0.533. The van der Waals surface area contributed by atoms with Gasteiger partial charge in [0, 0.05) is 11.6 Å². The van der Waals surface area contributed by atoms with E-state index in [0.717, 1.165) is 0 Å². The smallest absolute Gasteiger partial charge is 0.263 e. The molecule has 0 radical (unpaired) electrons. The van der Waals surface area contributed by atoms with Gasteiger partial charge in [-0.15, -0.1) is 0 Å². The lowest BCUT2D eigenvalue weighted by Gasteiger charge is -2.26. The van der Waals surface area contributed by atoms with E-state index in [1.54, 1.807) is 38.1 Å². The lowest BCUT2D eigenvalue weighted by molar-refractivity contribution is -0.134. The van der Waals surface area contributed by atoms with Gasteiger partial charge in [-0.05, 0) is 50.5 Å². The zero-order valence-electron chi connectivity index (χ0n) is 12.6. The van der Waals surface area contributed by atoms with Gasteiger partial charge in [-0.2, -0.15) is 0 Å². The average Bonchev–Trinajstić information content (AvgIpc) is 2.78. The highest BCUT2D eigenvalue weighted by molar-refractivity contribution is 7.91. The average molecular weight is 346 g/mol. The molecule has 7 heteroatoms. The minimum Gasteiger partial charge on any atom is -0.478 e. The molecule has 5 nitrogen and oxygen atoms in total. The summed E-state index contributed by atoms with van der Waals surface area (Å²) in [7, 11) is -2.93. The Morgan fingerprint density at radius 2 is 2.00 bits per heavy atom. The topological polar surface area (TPSA) is 72.5 Å². The van der Waals surface area contributed by atoms with Crippen molar-refractivity contribution in [2.24, 2.45) is 5.92 Å². The Hall–Kier alpha value is -1.27. The quantitative estimate of drug-likeness (QED) is 0.886. The zero-order chi connectivity index (χ0) is 16.4. The first-order valence-corrected chi connectivity index (χ1v) is 9.31. The standard InChI is InChI=1S/C15H20ClNO4S/c1-15(2,21-13-5-3-12(16)4-6-13)14(18)17-9-11-7-8-22(19,20)10-11/h3-6,11H,7-10H2,1-2H3,(H,17,18). The number of sulfone groups is 1. The second-order valence-electron chi connectivity index (χ2n) is 6.05. The van der Waals surface area contributed by atoms with Crippen LogP contribution < -0.4 is 10.1 Å². The van der Waals surface area contributed by atoms with Crippen LogP contribution >= 0.6 is 11.6 Å². The highest BCUT2D eigenvalue weighted by atomic mass is 35.5. The maximum Gasteiger partial charge on any atom is 0.263 e. The van der Waals surface area contributed by atoms with Gasteiger partial charge in [0.1, 0.15) is 5.75 Å². The number of carbonyl (C=O) groups excluding carboxylic acids is 1. The predicted molar refractivity (Wildman–Crippen MR) is 85.9 cm³/mol. The van der Waals surface area contributed by atoms with Crippen LogP contribution in [0.25, 0.3) is 0 Å². The summed E-state index contributed by atoms with van der Waals surface area (Å²) in [6, 6.07) is 6.77. The molecule has 0 saturated carbocycles. The van der Waals surface area contributed by atoms with Crippen LogP contribution in [0.1, 0.15) is 20.3 Å². The number of ether oxygens (including phenoxy) is 1. The van der Waals surface area contributed by atoms with Gasteiger partial charge in [0.05, 0.1) is 11.5 Å². The number of rotatable bonds is 5. The van der Waals surface area contributed by atoms with E-state index in [1.807, 2.05) is 0 Å². The second kappa shape index (κ2) is 6.46. The first-order valence-electron chi connectivity index (χ1n) is 7.11. The maximum atomic E-state index is 12.2. The number of hydrogen-bond donors (Lipinski definition) is 1. The summed E-state index contributed by atoms with van der Waals surface area (Å²) >= 11 is 5.81. The molecule has 2 rings (SSSR count). The predicted octanol–water partition coefficient (Wildman–Crippen LogP) is 2.05. The molecule has 1 unspecified atom stereocenters. The molecular weight excluding hydrogens is 326 g/mol. The van der Waals surface area contributed by atoms with Crippen LogP contribution in [-0.4, -0.2) is 38.0 Å². The van der Waals surface area contributed by atoms with Gasteiger partial charge in [0.2, 0.25) is 0 Å². The lowest BCUT2D eigenvalue weighted by Crippen LogP contribution is -2.47. The Morgan fingerprint density at radius 3 is 2.55 bits per heavy atom. The fourth-order valence-electron chi connectivity index (χ4n) is 2.33. The molecule has 1 atom stereocenters. The molecule has 0 spiro atoms. The molecule has 1 aromatic carbocycles. The summed E-state index contributed by atoms with van der Waals surface area (Å²) in [5.41, 5.74) is -1.05. The van der Waals surface area contributed by atoms with Crippen molar-refractivity contribution in [1.82, 2.24) is 5.32 Å². The Bertz CT molecular complexity index is 640. The minimum absolute atomic E-state index is 0.0136. The number of halogens is 1. The summed E-state index contributed by atoms with van der Waals surface area (Å²) in [6.45, 7) is 3.69. The van der Waals surface area contributed by atoms with Gasteiger partial charge in [-0.3, -0.25) is 4.79 Å². The first kappa shape index (κ1) is 17.1. The van der Waals surface area contributed by atoms with Crippen LogP contribution in [0, 0.1) is 5.92 Å². The van der Waals surface area contributed by atoms with Gasteiger partial charge < -0.3 is 10.1 Å². The lowest BCUT2D eigenvalue weighted by atomic mass is 10.1. The molecule has 1 aliphatic heterocycles. The van der Waals surface area contributed by atoms with Gasteiger partial charge in [-0.1, -0.05) is 11.6 Å². The van der Waals surface area contributed by atoms with E-state index in [0.29, 0.717) is 23.7 Å². The van der Waals surface area contributed by atoms with Crippen molar-refractivity contribution in [3.63, 3.8) is 0 Å². The van der Waals surface area contributed by atoms with E-state index in [-0.39, 0.29) is 23.3 Å². The Kier molecular flexibility index (Phi) is 5.02. The van der Waals surface area contributed by atoms with Crippen LogP contribution in [-0.2, 0) is 14.6 Å². The fourth-order valence-corrected chi connectivity index (χ4v) is 4.31. The third-order valence-corrected chi connectivity index (χ3v) is 5.70. The highest BCUT2D eigenvalue weighted by Gasteiger charge is 2.32. The van der Waals surface area contributed by atoms with Crippen molar-refractivity contribution >= 4 is 27.3 Å². The number of amides is 1. The molecule has 1 N–H and O–H groups in total. The van der Waals surface area contributed by atoms with Crippen molar-refractivity contribution in [3.8, 4) is 5.75 Å². The summed E-state index contributed by atoms with van der Waals surface area (Å²) in [5, 5.41) is 3.37. The largest absolute Gasteiger partial charge is 0.478 e. The summed E-state index contributed by atoms with van der Waals surface area (Å²) in [5.74, 6) is 0.615. The number of carbonyl (C=O) groups is 1. The molecule has 1 fully saturated rings. The molecule has 1 heterocycles. The van der Waals surface area contributed by atoms with Crippen molar-refractivity contribution < 1.29 is 17.9 Å². The third-order valence-electron chi connectivity index (χ3n) is 3.61. The Labute approximate surface area is 135 Å². The van der Waals surface area contributed by atoms with Crippen molar-refractivity contribution in [2.45, 2.75) is 25.9 Å². The van der Waals surface area contributed by atoms with E-state index < -0.39 is 15.4 Å². The summed E-state index contributed by atoms with van der Waals surface area (Å²) < 4.78 is 28.5. The summed E-state index contributed by atoms with van der Waals surface area (Å²) in [6.07, 6.45) is 0.598. The molecule has 1 amide bonds. The maximum absolute atomic E-state index is 12.2. The summed E-state index contributed by atoms with van der Waals surface area (Å²) in [4.78, 5) is 12.2. The van der Waals surface area contributed by atoms with Crippen molar-refractivity contribution in [2.75, 3.05) is 18.1 Å². The van der Waals surface area contributed by atoms with Crippen LogP contribution in [0.2, 0.25) is 5.02 Å². The third kappa shape index (κ3) is 4.61. The van der Waals surface area contributed by atoms with Gasteiger partial charge in [0.25, 0.3) is 5.91 Å². The van der Waals surface area contributed by atoms with Gasteiger partial charge in [0.15, 0.2) is 15.4 Å². The molecular formula is C15H20ClNO4S. The Morgan fingerprint density at radius 1 is 1.36 bits per heavy atom. The van der Waals surface area contributed by atoms with Gasteiger partial charge >= 0.3 is 0 Å². The monoisotopic (exact) mass is 345 g/mol. The molecule has 0 aromatic heterocycles. The van der Waals surface area contributed by atoms with E-state index in [2.05, 4.69) is 5.32 Å². The highest BCUT2D eigenvalue weighted by Crippen LogP contribution is 2.22. The molecule has 22 heavy (non-hydrogen) atoms. The molecule has 0 bridgehead atoms. The minimum atomic E-state index is -2.93. The van der Waals surface area contributed by atoms with E-state index >= 15 is 0 Å². The van der Waals surface area contributed by atoms with Crippen LogP contribution in [0.15, 0.2) is 24.3 Å². The zero-order valence-corrected chi connectivity index (χ0v) is 14.2.